The Morgan fingerprint density at radius 1 is 1.28 bits per heavy atom. The quantitative estimate of drug-likeness (QED) is 0.760. The number of carbonyl (C=O) groups is 1. The molecule has 1 heterocycles. The van der Waals surface area contributed by atoms with Crippen LogP contribution in [0.1, 0.15) is 26.3 Å². The molecule has 0 fully saturated rings. The number of rotatable bonds is 7. The van der Waals surface area contributed by atoms with Crippen LogP contribution in [-0.2, 0) is 17.3 Å². The lowest BCUT2D eigenvalue weighted by Crippen LogP contribution is -2.38. The number of alkyl halides is 3. The van der Waals surface area contributed by atoms with E-state index < -0.39 is 29.6 Å². The number of aromatic nitrogens is 1. The van der Waals surface area contributed by atoms with Crippen molar-refractivity contribution in [1.82, 2.24) is 15.6 Å². The lowest BCUT2D eigenvalue weighted by Gasteiger charge is -2.17. The van der Waals surface area contributed by atoms with E-state index in [0.717, 1.165) is 0 Å². The van der Waals surface area contributed by atoms with Crippen LogP contribution in [-0.4, -0.2) is 45.1 Å². The van der Waals surface area contributed by atoms with Crippen LogP contribution in [0.3, 0.4) is 0 Å². The summed E-state index contributed by atoms with van der Waals surface area (Å²) in [7, 11) is -1.07. The third-order valence-corrected chi connectivity index (χ3v) is 4.83. The maximum atomic E-state index is 12.1. The van der Waals surface area contributed by atoms with Gasteiger partial charge in [0, 0.05) is 46.7 Å². The Morgan fingerprint density at radius 2 is 1.96 bits per heavy atom. The molecule has 1 aromatic rings. The van der Waals surface area contributed by atoms with E-state index in [9.17, 15) is 22.2 Å². The molecule has 2 amide bonds. The van der Waals surface area contributed by atoms with Crippen LogP contribution < -0.4 is 15.4 Å². The molecule has 0 aromatic carbocycles. The van der Waals surface area contributed by atoms with Gasteiger partial charge >= 0.3 is 12.2 Å². The first-order valence-electron chi connectivity index (χ1n) is 7.52. The van der Waals surface area contributed by atoms with Gasteiger partial charge < -0.3 is 15.4 Å². The fraction of sp³-hybridized carbons (Fsp3) is 0.600. The second-order valence-corrected chi connectivity index (χ2v) is 8.50. The lowest BCUT2D eigenvalue weighted by molar-refractivity contribution is -0.154. The van der Waals surface area contributed by atoms with Crippen molar-refractivity contribution < 1.29 is 26.9 Å². The summed E-state index contributed by atoms with van der Waals surface area (Å²) in [5, 5.41) is 5.13. The van der Waals surface area contributed by atoms with E-state index in [1.165, 1.54) is 12.3 Å². The van der Waals surface area contributed by atoms with Crippen molar-refractivity contribution in [1.29, 1.82) is 0 Å². The third kappa shape index (κ3) is 9.28. The zero-order valence-electron chi connectivity index (χ0n) is 14.3. The van der Waals surface area contributed by atoms with Crippen LogP contribution in [0.4, 0.5) is 18.0 Å². The highest BCUT2D eigenvalue weighted by Gasteiger charge is 2.28. The van der Waals surface area contributed by atoms with Crippen LogP contribution in [0.2, 0.25) is 0 Å². The molecule has 10 heteroatoms. The molecule has 142 valence electrons. The van der Waals surface area contributed by atoms with Gasteiger partial charge in [0.25, 0.3) is 0 Å². The number of pyridine rings is 1. The summed E-state index contributed by atoms with van der Waals surface area (Å²) in [6, 6.07) is 2.41. The van der Waals surface area contributed by atoms with Gasteiger partial charge in [-0.05, 0) is 32.4 Å². The Kier molecular flexibility index (Phi) is 7.65. The van der Waals surface area contributed by atoms with Crippen LogP contribution in [0, 0.1) is 0 Å². The predicted octanol–water partition coefficient (Wildman–Crippen LogP) is 2.37. The SMILES string of the molecule is CC(C)(C)S(=O)CCNC(=O)NCc1ccnc(OCC(F)(F)F)c1. The molecule has 2 N–H and O–H groups in total. The fourth-order valence-electron chi connectivity index (χ4n) is 1.60. The van der Waals surface area contributed by atoms with Crippen molar-refractivity contribution in [2.24, 2.45) is 0 Å². The number of nitrogens with zero attached hydrogens (tertiary/aromatic N) is 1. The number of hydrogen-bond donors (Lipinski definition) is 2. The molecule has 0 aliphatic carbocycles. The van der Waals surface area contributed by atoms with E-state index in [4.69, 9.17) is 0 Å². The third-order valence-electron chi connectivity index (χ3n) is 2.89. The number of carbonyl (C=O) groups excluding carboxylic acids is 1. The number of urea groups is 1. The highest BCUT2D eigenvalue weighted by atomic mass is 32.2. The number of nitrogens with one attached hydrogen (secondary N) is 2. The topological polar surface area (TPSA) is 80.3 Å². The van der Waals surface area contributed by atoms with Crippen molar-refractivity contribution in [3.8, 4) is 5.88 Å². The minimum atomic E-state index is -4.44. The van der Waals surface area contributed by atoms with E-state index in [1.54, 1.807) is 6.07 Å². The summed E-state index contributed by atoms with van der Waals surface area (Å²) in [5.74, 6) is 0.166. The van der Waals surface area contributed by atoms with Gasteiger partial charge in [-0.15, -0.1) is 0 Å². The zero-order chi connectivity index (χ0) is 19.1. The molecule has 0 spiro atoms. The van der Waals surface area contributed by atoms with Gasteiger partial charge in [0.1, 0.15) is 0 Å². The summed E-state index contributed by atoms with van der Waals surface area (Å²) in [4.78, 5) is 15.4. The minimum absolute atomic E-state index is 0.0963. The monoisotopic (exact) mass is 381 g/mol. The van der Waals surface area contributed by atoms with Gasteiger partial charge in [0.2, 0.25) is 5.88 Å². The molecule has 1 aromatic heterocycles. The smallest absolute Gasteiger partial charge is 0.422 e. The van der Waals surface area contributed by atoms with Gasteiger partial charge in [0.05, 0.1) is 0 Å². The largest absolute Gasteiger partial charge is 0.468 e. The summed E-state index contributed by atoms with van der Waals surface area (Å²) in [6.07, 6.45) is -3.14. The normalized spacial score (nSPS) is 13.2. The lowest BCUT2D eigenvalue weighted by atomic mass is 10.2. The Balaban J connectivity index is 2.37. The van der Waals surface area contributed by atoms with Crippen molar-refractivity contribution in [3.05, 3.63) is 23.9 Å². The van der Waals surface area contributed by atoms with Crippen molar-refractivity contribution >= 4 is 16.8 Å². The van der Waals surface area contributed by atoms with Gasteiger partial charge in [-0.3, -0.25) is 4.21 Å². The van der Waals surface area contributed by atoms with E-state index in [2.05, 4.69) is 20.4 Å². The Hall–Kier alpha value is -1.84. The maximum Gasteiger partial charge on any atom is 0.422 e. The van der Waals surface area contributed by atoms with Crippen molar-refractivity contribution in [2.45, 2.75) is 38.2 Å². The first kappa shape index (κ1) is 21.2. The fourth-order valence-corrected chi connectivity index (χ4v) is 2.50. The standard InChI is InChI=1S/C15H22F3N3O3S/c1-14(2,3)25(23)7-6-20-13(22)21-9-11-4-5-19-12(8-11)24-10-15(16,17)18/h4-5,8H,6-7,9-10H2,1-3H3,(H2,20,21,22). The molecule has 1 rings (SSSR count). The van der Waals surface area contributed by atoms with Crippen LogP contribution >= 0.6 is 0 Å². The average molecular weight is 381 g/mol. The maximum absolute atomic E-state index is 12.1. The van der Waals surface area contributed by atoms with Gasteiger partial charge in [-0.2, -0.15) is 13.2 Å². The van der Waals surface area contributed by atoms with Crippen LogP contribution in [0.5, 0.6) is 5.88 Å². The van der Waals surface area contributed by atoms with E-state index in [-0.39, 0.29) is 23.7 Å². The molecule has 1 unspecified atom stereocenters. The molecule has 0 aliphatic heterocycles. The summed E-state index contributed by atoms with van der Waals surface area (Å²) >= 11 is 0. The van der Waals surface area contributed by atoms with Gasteiger partial charge in [0.15, 0.2) is 6.61 Å². The first-order chi connectivity index (χ1) is 11.5. The summed E-state index contributed by atoms with van der Waals surface area (Å²) in [6.45, 7) is 4.48. The number of ether oxygens (including phenoxy) is 1. The summed E-state index contributed by atoms with van der Waals surface area (Å²) < 4.78 is 52.3. The predicted molar refractivity (Wildman–Crippen MR) is 88.8 cm³/mol. The molecule has 0 saturated heterocycles. The molecular formula is C15H22F3N3O3S. The number of hydrogen-bond acceptors (Lipinski definition) is 4. The molecule has 0 aliphatic rings. The molecule has 1 atom stereocenters. The highest BCUT2D eigenvalue weighted by Crippen LogP contribution is 2.17. The molecule has 6 nitrogen and oxygen atoms in total. The van der Waals surface area contributed by atoms with Crippen molar-refractivity contribution in [3.63, 3.8) is 0 Å². The first-order valence-corrected chi connectivity index (χ1v) is 8.84. The minimum Gasteiger partial charge on any atom is -0.468 e. The van der Waals surface area contributed by atoms with Gasteiger partial charge in [-0.25, -0.2) is 9.78 Å². The van der Waals surface area contributed by atoms with E-state index in [0.29, 0.717) is 11.3 Å². The van der Waals surface area contributed by atoms with E-state index in [1.807, 2.05) is 20.8 Å². The molecule has 25 heavy (non-hydrogen) atoms. The Bertz CT molecular complexity index is 604. The molecule has 0 saturated carbocycles. The molecule has 0 bridgehead atoms. The van der Waals surface area contributed by atoms with Crippen molar-refractivity contribution in [2.75, 3.05) is 18.9 Å². The average Bonchev–Trinajstić information content (AvgIpc) is 2.50. The highest BCUT2D eigenvalue weighted by molar-refractivity contribution is 7.86. The number of amides is 2. The Labute approximate surface area is 147 Å². The second-order valence-electron chi connectivity index (χ2n) is 6.18. The second kappa shape index (κ2) is 9.02. The number of halogens is 3. The summed E-state index contributed by atoms with van der Waals surface area (Å²) in [5.41, 5.74) is 0.542. The molecule has 0 radical (unpaired) electrons. The molecular weight excluding hydrogens is 359 g/mol. The van der Waals surface area contributed by atoms with E-state index >= 15 is 0 Å². The Morgan fingerprint density at radius 3 is 2.56 bits per heavy atom. The van der Waals surface area contributed by atoms with Crippen LogP contribution in [0.15, 0.2) is 18.3 Å². The zero-order valence-corrected chi connectivity index (χ0v) is 15.1. The van der Waals surface area contributed by atoms with Gasteiger partial charge in [-0.1, -0.05) is 0 Å². The van der Waals surface area contributed by atoms with Crippen LogP contribution in [0.25, 0.3) is 0 Å².